The molecule has 0 spiro atoms. The second-order valence-electron chi connectivity index (χ2n) is 6.37. The lowest BCUT2D eigenvalue weighted by molar-refractivity contribution is -0.125. The molecule has 1 atom stereocenters. The minimum absolute atomic E-state index is 0.0235. The summed E-state index contributed by atoms with van der Waals surface area (Å²) >= 11 is 1.70. The summed E-state index contributed by atoms with van der Waals surface area (Å²) < 4.78 is 0. The molecular weight excluding hydrogens is 318 g/mol. The first kappa shape index (κ1) is 17.1. The molecule has 1 fully saturated rings. The number of nitrogens with zero attached hydrogens (tertiary/aromatic N) is 2. The van der Waals surface area contributed by atoms with Gasteiger partial charge in [0.15, 0.2) is 0 Å². The molecular formula is C19H25N3OS. The van der Waals surface area contributed by atoms with E-state index >= 15 is 0 Å². The van der Waals surface area contributed by atoms with Gasteiger partial charge in [-0.05, 0) is 44.7 Å². The number of rotatable bonds is 7. The van der Waals surface area contributed by atoms with Crippen LogP contribution in [0, 0.1) is 6.92 Å². The molecule has 1 aromatic carbocycles. The maximum absolute atomic E-state index is 12.5. The number of carbonyl (C=O) groups excluding carboxylic acids is 1. The Labute approximate surface area is 147 Å². The Morgan fingerprint density at radius 1 is 1.38 bits per heavy atom. The highest BCUT2D eigenvalue weighted by molar-refractivity contribution is 7.09. The number of aromatic nitrogens is 1. The average Bonchev–Trinajstić information content (AvgIpc) is 3.21. The summed E-state index contributed by atoms with van der Waals surface area (Å²) in [5.41, 5.74) is 4.29. The number of hydrogen-bond donors (Lipinski definition) is 1. The predicted molar refractivity (Wildman–Crippen MR) is 98.1 cm³/mol. The summed E-state index contributed by atoms with van der Waals surface area (Å²) in [6.07, 6.45) is 4.03. The molecule has 1 N–H and O–H groups in total. The van der Waals surface area contributed by atoms with Crippen LogP contribution in [0.5, 0.6) is 0 Å². The fourth-order valence-corrected chi connectivity index (χ4v) is 4.10. The number of carbonyl (C=O) groups is 1. The zero-order valence-electron chi connectivity index (χ0n) is 14.2. The summed E-state index contributed by atoms with van der Waals surface area (Å²) in [5, 5.41) is 3.13. The van der Waals surface area contributed by atoms with Gasteiger partial charge in [0.25, 0.3) is 0 Å². The van der Waals surface area contributed by atoms with Crippen molar-refractivity contribution in [2.45, 2.75) is 45.2 Å². The summed E-state index contributed by atoms with van der Waals surface area (Å²) in [5.74, 6) is 0.185. The molecule has 3 rings (SSSR count). The summed E-state index contributed by atoms with van der Waals surface area (Å²) in [6, 6.07) is 10.4. The molecule has 1 aliphatic heterocycles. The zero-order chi connectivity index (χ0) is 16.8. The SMILES string of the molecule is Cc1ncsc1CCCNC(=O)C1CCCN1Cc1ccccc1. The molecule has 0 aliphatic carbocycles. The van der Waals surface area contributed by atoms with E-state index in [0.717, 1.165) is 51.0 Å². The molecule has 1 amide bonds. The van der Waals surface area contributed by atoms with Crippen molar-refractivity contribution in [2.75, 3.05) is 13.1 Å². The molecule has 24 heavy (non-hydrogen) atoms. The molecule has 0 radical (unpaired) electrons. The van der Waals surface area contributed by atoms with E-state index < -0.39 is 0 Å². The largest absolute Gasteiger partial charge is 0.355 e. The Kier molecular flexibility index (Phi) is 5.99. The minimum Gasteiger partial charge on any atom is -0.355 e. The molecule has 0 bridgehead atoms. The fraction of sp³-hybridized carbons (Fsp3) is 0.474. The van der Waals surface area contributed by atoms with Crippen LogP contribution in [-0.2, 0) is 17.8 Å². The van der Waals surface area contributed by atoms with Gasteiger partial charge in [0, 0.05) is 18.0 Å². The lowest BCUT2D eigenvalue weighted by Gasteiger charge is -2.23. The monoisotopic (exact) mass is 343 g/mol. The fourth-order valence-electron chi connectivity index (χ4n) is 3.27. The van der Waals surface area contributed by atoms with Gasteiger partial charge in [0.05, 0.1) is 17.2 Å². The van der Waals surface area contributed by atoms with Crippen molar-refractivity contribution in [2.24, 2.45) is 0 Å². The third-order valence-electron chi connectivity index (χ3n) is 4.62. The van der Waals surface area contributed by atoms with Gasteiger partial charge in [-0.1, -0.05) is 30.3 Å². The lowest BCUT2D eigenvalue weighted by Crippen LogP contribution is -2.43. The first-order valence-electron chi connectivity index (χ1n) is 8.68. The van der Waals surface area contributed by atoms with E-state index in [9.17, 15) is 4.79 Å². The Bertz CT molecular complexity index is 656. The van der Waals surface area contributed by atoms with Crippen molar-refractivity contribution in [1.82, 2.24) is 15.2 Å². The average molecular weight is 343 g/mol. The van der Waals surface area contributed by atoms with Crippen LogP contribution in [-0.4, -0.2) is 34.9 Å². The van der Waals surface area contributed by atoms with E-state index in [1.54, 1.807) is 11.3 Å². The molecule has 1 unspecified atom stereocenters. The first-order valence-corrected chi connectivity index (χ1v) is 9.56. The number of aryl methyl sites for hydroxylation is 2. The molecule has 5 heteroatoms. The third-order valence-corrected chi connectivity index (χ3v) is 5.61. The van der Waals surface area contributed by atoms with E-state index in [0.29, 0.717) is 0 Å². The number of amides is 1. The van der Waals surface area contributed by atoms with Crippen LogP contribution < -0.4 is 5.32 Å². The van der Waals surface area contributed by atoms with Crippen LogP contribution in [0.15, 0.2) is 35.8 Å². The maximum Gasteiger partial charge on any atom is 0.237 e. The van der Waals surface area contributed by atoms with Crippen LogP contribution in [0.2, 0.25) is 0 Å². The number of likely N-dealkylation sites (tertiary alicyclic amines) is 1. The van der Waals surface area contributed by atoms with Crippen molar-refractivity contribution >= 4 is 17.2 Å². The standard InChI is InChI=1S/C19H25N3OS/c1-15-18(24-14-21-15)10-5-11-20-19(23)17-9-6-12-22(17)13-16-7-3-2-4-8-16/h2-4,7-8,14,17H,5-6,9-13H2,1H3,(H,20,23). The van der Waals surface area contributed by atoms with Gasteiger partial charge in [-0.3, -0.25) is 9.69 Å². The number of hydrogen-bond acceptors (Lipinski definition) is 4. The van der Waals surface area contributed by atoms with Crippen LogP contribution >= 0.6 is 11.3 Å². The topological polar surface area (TPSA) is 45.2 Å². The van der Waals surface area contributed by atoms with Gasteiger partial charge < -0.3 is 5.32 Å². The summed E-state index contributed by atoms with van der Waals surface area (Å²) in [4.78, 5) is 20.4. The molecule has 2 heterocycles. The number of benzene rings is 1. The van der Waals surface area contributed by atoms with Gasteiger partial charge in [-0.2, -0.15) is 0 Å². The highest BCUT2D eigenvalue weighted by Gasteiger charge is 2.30. The van der Waals surface area contributed by atoms with Crippen molar-refractivity contribution in [3.05, 3.63) is 52.0 Å². The number of nitrogens with one attached hydrogen (secondary N) is 1. The van der Waals surface area contributed by atoms with Gasteiger partial charge in [0.2, 0.25) is 5.91 Å². The van der Waals surface area contributed by atoms with Crippen molar-refractivity contribution < 1.29 is 4.79 Å². The van der Waals surface area contributed by atoms with E-state index in [4.69, 9.17) is 0 Å². The first-order chi connectivity index (χ1) is 11.7. The summed E-state index contributed by atoms with van der Waals surface area (Å²) in [6.45, 7) is 4.66. The summed E-state index contributed by atoms with van der Waals surface area (Å²) in [7, 11) is 0. The number of thiazole rings is 1. The maximum atomic E-state index is 12.5. The van der Waals surface area contributed by atoms with Gasteiger partial charge in [-0.25, -0.2) is 4.98 Å². The predicted octanol–water partition coefficient (Wildman–Crippen LogP) is 3.16. The Morgan fingerprint density at radius 2 is 2.21 bits per heavy atom. The van der Waals surface area contributed by atoms with Crippen molar-refractivity contribution in [3.8, 4) is 0 Å². The van der Waals surface area contributed by atoms with E-state index in [1.807, 2.05) is 18.5 Å². The Morgan fingerprint density at radius 3 is 2.96 bits per heavy atom. The second-order valence-corrected chi connectivity index (χ2v) is 7.31. The minimum atomic E-state index is 0.0235. The zero-order valence-corrected chi connectivity index (χ0v) is 15.0. The van der Waals surface area contributed by atoms with Crippen LogP contribution in [0.4, 0.5) is 0 Å². The van der Waals surface area contributed by atoms with Gasteiger partial charge in [0.1, 0.15) is 0 Å². The lowest BCUT2D eigenvalue weighted by atomic mass is 10.1. The quantitative estimate of drug-likeness (QED) is 0.786. The van der Waals surface area contributed by atoms with Crippen LogP contribution in [0.3, 0.4) is 0 Å². The molecule has 0 saturated carbocycles. The van der Waals surface area contributed by atoms with Gasteiger partial charge in [-0.15, -0.1) is 11.3 Å². The molecule has 2 aromatic rings. The van der Waals surface area contributed by atoms with E-state index in [-0.39, 0.29) is 11.9 Å². The Hall–Kier alpha value is -1.72. The molecule has 4 nitrogen and oxygen atoms in total. The van der Waals surface area contributed by atoms with Crippen LogP contribution in [0.1, 0.15) is 35.4 Å². The highest BCUT2D eigenvalue weighted by atomic mass is 32.1. The van der Waals surface area contributed by atoms with Crippen LogP contribution in [0.25, 0.3) is 0 Å². The van der Waals surface area contributed by atoms with Crippen molar-refractivity contribution in [3.63, 3.8) is 0 Å². The Balaban J connectivity index is 1.44. The highest BCUT2D eigenvalue weighted by Crippen LogP contribution is 2.20. The molecule has 1 aliphatic rings. The second kappa shape index (κ2) is 8.40. The molecule has 1 saturated heterocycles. The van der Waals surface area contributed by atoms with Gasteiger partial charge >= 0.3 is 0 Å². The normalized spacial score (nSPS) is 18.0. The van der Waals surface area contributed by atoms with Crippen molar-refractivity contribution in [1.29, 1.82) is 0 Å². The third kappa shape index (κ3) is 4.42. The molecule has 128 valence electrons. The van der Waals surface area contributed by atoms with E-state index in [2.05, 4.69) is 39.5 Å². The molecule has 1 aromatic heterocycles. The smallest absolute Gasteiger partial charge is 0.237 e. The van der Waals surface area contributed by atoms with E-state index in [1.165, 1.54) is 10.4 Å².